The number of ether oxygens (including phenoxy) is 1. The van der Waals surface area contributed by atoms with E-state index >= 15 is 0 Å². The van der Waals surface area contributed by atoms with Gasteiger partial charge in [-0.25, -0.2) is 0 Å². The van der Waals surface area contributed by atoms with Crippen molar-refractivity contribution in [2.75, 3.05) is 0 Å². The summed E-state index contributed by atoms with van der Waals surface area (Å²) in [6, 6.07) is 12.5. The van der Waals surface area contributed by atoms with Gasteiger partial charge in [-0.3, -0.25) is 4.79 Å². The summed E-state index contributed by atoms with van der Waals surface area (Å²) in [6.07, 6.45) is 0. The van der Waals surface area contributed by atoms with Gasteiger partial charge < -0.3 is 9.84 Å². The van der Waals surface area contributed by atoms with Crippen molar-refractivity contribution in [3.05, 3.63) is 58.1 Å². The molecule has 0 saturated carbocycles. The number of benzene rings is 2. The maximum atomic E-state index is 11.5. The molecular formula is C15H13BrO3. The molecule has 4 heteroatoms. The van der Waals surface area contributed by atoms with Crippen molar-refractivity contribution >= 4 is 21.7 Å². The van der Waals surface area contributed by atoms with Crippen LogP contribution in [-0.4, -0.2) is 10.9 Å². The molecule has 2 rings (SSSR count). The molecule has 0 bridgehead atoms. The van der Waals surface area contributed by atoms with Gasteiger partial charge in [0.05, 0.1) is 0 Å². The van der Waals surface area contributed by atoms with Gasteiger partial charge in [0.1, 0.15) is 23.7 Å². The van der Waals surface area contributed by atoms with Gasteiger partial charge in [-0.15, -0.1) is 0 Å². The van der Waals surface area contributed by atoms with Gasteiger partial charge in [-0.1, -0.05) is 34.1 Å². The normalized spacial score (nSPS) is 10.2. The number of carbonyl (C=O) groups excluding carboxylic acids is 1. The van der Waals surface area contributed by atoms with Crippen molar-refractivity contribution in [1.29, 1.82) is 0 Å². The Kier molecular flexibility index (Phi) is 4.22. The van der Waals surface area contributed by atoms with E-state index < -0.39 is 0 Å². The van der Waals surface area contributed by atoms with E-state index in [-0.39, 0.29) is 17.1 Å². The first-order valence-electron chi connectivity index (χ1n) is 5.78. The van der Waals surface area contributed by atoms with Crippen LogP contribution in [0, 0.1) is 0 Å². The predicted molar refractivity (Wildman–Crippen MR) is 76.6 cm³/mol. The lowest BCUT2D eigenvalue weighted by molar-refractivity contribution is 0.101. The van der Waals surface area contributed by atoms with Gasteiger partial charge >= 0.3 is 0 Å². The summed E-state index contributed by atoms with van der Waals surface area (Å²) in [5.41, 5.74) is 1.20. The van der Waals surface area contributed by atoms with Crippen LogP contribution in [0.3, 0.4) is 0 Å². The quantitative estimate of drug-likeness (QED) is 0.868. The minimum Gasteiger partial charge on any atom is -0.507 e. The highest BCUT2D eigenvalue weighted by atomic mass is 79.9. The Morgan fingerprint density at radius 2 is 2.00 bits per heavy atom. The van der Waals surface area contributed by atoms with Crippen molar-refractivity contribution in [3.8, 4) is 11.5 Å². The predicted octanol–water partition coefficient (Wildman–Crippen LogP) is 3.94. The van der Waals surface area contributed by atoms with E-state index in [1.165, 1.54) is 13.0 Å². The largest absolute Gasteiger partial charge is 0.507 e. The molecule has 0 aromatic heterocycles. The highest BCUT2D eigenvalue weighted by Gasteiger charge is 2.13. The van der Waals surface area contributed by atoms with E-state index in [0.29, 0.717) is 12.4 Å². The average molecular weight is 321 g/mol. The molecule has 0 atom stereocenters. The van der Waals surface area contributed by atoms with Crippen LogP contribution in [0.4, 0.5) is 0 Å². The zero-order valence-electron chi connectivity index (χ0n) is 10.4. The van der Waals surface area contributed by atoms with Gasteiger partial charge in [0.15, 0.2) is 5.78 Å². The molecule has 0 aliphatic carbocycles. The molecule has 0 radical (unpaired) electrons. The number of carbonyl (C=O) groups is 1. The third kappa shape index (κ3) is 3.35. The Labute approximate surface area is 120 Å². The summed E-state index contributed by atoms with van der Waals surface area (Å²) in [6.45, 7) is 1.74. The SMILES string of the molecule is CC(=O)c1c(O)cccc1OCc1cccc(Br)c1. The van der Waals surface area contributed by atoms with Crippen molar-refractivity contribution in [3.63, 3.8) is 0 Å². The number of rotatable bonds is 4. The van der Waals surface area contributed by atoms with Crippen LogP contribution in [-0.2, 0) is 6.61 Å². The van der Waals surface area contributed by atoms with E-state index in [2.05, 4.69) is 15.9 Å². The molecule has 0 unspecified atom stereocenters. The zero-order chi connectivity index (χ0) is 13.8. The van der Waals surface area contributed by atoms with E-state index in [1.807, 2.05) is 24.3 Å². The average Bonchev–Trinajstić information content (AvgIpc) is 2.36. The van der Waals surface area contributed by atoms with Crippen LogP contribution in [0.25, 0.3) is 0 Å². The molecule has 19 heavy (non-hydrogen) atoms. The second-order valence-corrected chi connectivity index (χ2v) is 5.04. The summed E-state index contributed by atoms with van der Waals surface area (Å²) in [5.74, 6) is 0.119. The number of hydrogen-bond acceptors (Lipinski definition) is 3. The van der Waals surface area contributed by atoms with Gasteiger partial charge in [0.25, 0.3) is 0 Å². The molecule has 1 N–H and O–H groups in total. The molecule has 2 aromatic carbocycles. The molecule has 3 nitrogen and oxygen atoms in total. The van der Waals surface area contributed by atoms with Crippen LogP contribution < -0.4 is 4.74 Å². The molecule has 98 valence electrons. The Bertz CT molecular complexity index is 608. The molecule has 0 heterocycles. The number of halogens is 1. The molecule has 0 fully saturated rings. The van der Waals surface area contributed by atoms with E-state index in [0.717, 1.165) is 10.0 Å². The van der Waals surface area contributed by atoms with Crippen LogP contribution in [0.5, 0.6) is 11.5 Å². The lowest BCUT2D eigenvalue weighted by atomic mass is 10.1. The number of phenols is 1. The molecule has 0 spiro atoms. The van der Waals surface area contributed by atoms with Gasteiger partial charge in [-0.2, -0.15) is 0 Å². The molecule has 0 aliphatic heterocycles. The fourth-order valence-electron chi connectivity index (χ4n) is 1.78. The standard InChI is InChI=1S/C15H13BrO3/c1-10(17)15-13(18)6-3-7-14(15)19-9-11-4-2-5-12(16)8-11/h2-8,18H,9H2,1H3. The smallest absolute Gasteiger partial charge is 0.167 e. The third-order valence-corrected chi connectivity index (χ3v) is 3.13. The topological polar surface area (TPSA) is 46.5 Å². The summed E-state index contributed by atoms with van der Waals surface area (Å²) >= 11 is 3.39. The number of phenolic OH excluding ortho intramolecular Hbond substituents is 1. The molecule has 0 saturated heterocycles. The second kappa shape index (κ2) is 5.89. The first kappa shape index (κ1) is 13.6. The van der Waals surface area contributed by atoms with Crippen molar-refractivity contribution in [2.24, 2.45) is 0 Å². The van der Waals surface area contributed by atoms with Crippen molar-refractivity contribution in [2.45, 2.75) is 13.5 Å². The minimum absolute atomic E-state index is 0.0563. The first-order chi connectivity index (χ1) is 9.08. The first-order valence-corrected chi connectivity index (χ1v) is 6.57. The number of aromatic hydroxyl groups is 1. The fraction of sp³-hybridized carbons (Fsp3) is 0.133. The van der Waals surface area contributed by atoms with E-state index in [9.17, 15) is 9.90 Å². The molecular weight excluding hydrogens is 308 g/mol. The lowest BCUT2D eigenvalue weighted by Gasteiger charge is -2.11. The lowest BCUT2D eigenvalue weighted by Crippen LogP contribution is -2.02. The fourth-order valence-corrected chi connectivity index (χ4v) is 2.23. The highest BCUT2D eigenvalue weighted by Crippen LogP contribution is 2.28. The monoisotopic (exact) mass is 320 g/mol. The van der Waals surface area contributed by atoms with E-state index in [4.69, 9.17) is 4.74 Å². The highest BCUT2D eigenvalue weighted by molar-refractivity contribution is 9.10. The van der Waals surface area contributed by atoms with Crippen LogP contribution in [0.15, 0.2) is 46.9 Å². The Morgan fingerprint density at radius 1 is 1.26 bits per heavy atom. The number of hydrogen-bond donors (Lipinski definition) is 1. The molecule has 2 aromatic rings. The summed E-state index contributed by atoms with van der Waals surface area (Å²) in [4.78, 5) is 11.5. The van der Waals surface area contributed by atoms with Crippen LogP contribution in [0.1, 0.15) is 22.8 Å². The molecule has 0 aliphatic rings. The van der Waals surface area contributed by atoms with Crippen molar-refractivity contribution in [1.82, 2.24) is 0 Å². The number of Topliss-reactive ketones (excluding diaryl/α,β-unsaturated/α-hetero) is 1. The van der Waals surface area contributed by atoms with Crippen molar-refractivity contribution < 1.29 is 14.6 Å². The van der Waals surface area contributed by atoms with Gasteiger partial charge in [0.2, 0.25) is 0 Å². The third-order valence-electron chi connectivity index (χ3n) is 2.64. The summed E-state index contributed by atoms with van der Waals surface area (Å²) in [5, 5.41) is 9.69. The minimum atomic E-state index is -0.220. The van der Waals surface area contributed by atoms with Crippen LogP contribution >= 0.6 is 15.9 Å². The van der Waals surface area contributed by atoms with Gasteiger partial charge in [0, 0.05) is 4.47 Å². The van der Waals surface area contributed by atoms with Crippen LogP contribution in [0.2, 0.25) is 0 Å². The maximum absolute atomic E-state index is 11.5. The maximum Gasteiger partial charge on any atom is 0.167 e. The number of ketones is 1. The Balaban J connectivity index is 2.20. The van der Waals surface area contributed by atoms with Gasteiger partial charge in [-0.05, 0) is 36.8 Å². The Hall–Kier alpha value is -1.81. The molecule has 0 amide bonds. The second-order valence-electron chi connectivity index (χ2n) is 4.13. The summed E-state index contributed by atoms with van der Waals surface area (Å²) in [7, 11) is 0. The Morgan fingerprint density at radius 3 is 2.68 bits per heavy atom. The summed E-state index contributed by atoms with van der Waals surface area (Å²) < 4.78 is 6.59. The van der Waals surface area contributed by atoms with E-state index in [1.54, 1.807) is 12.1 Å². The zero-order valence-corrected chi connectivity index (χ0v) is 12.0.